The molecule has 0 N–H and O–H groups in total. The highest BCUT2D eigenvalue weighted by Crippen LogP contribution is 2.56. The summed E-state index contributed by atoms with van der Waals surface area (Å²) in [5, 5.41) is 7.58. The summed E-state index contributed by atoms with van der Waals surface area (Å²) in [6, 6.07) is 60.2. The average molecular weight is 588 g/mol. The van der Waals surface area contributed by atoms with Crippen LogP contribution in [0.2, 0.25) is 0 Å². The van der Waals surface area contributed by atoms with Crippen molar-refractivity contribution >= 4 is 49.4 Å². The number of hydrogen-bond acceptors (Lipinski definition) is 1. The molecule has 0 amide bonds. The molecule has 1 aliphatic carbocycles. The third kappa shape index (κ3) is 4.09. The van der Waals surface area contributed by atoms with Crippen molar-refractivity contribution in [1.82, 2.24) is 0 Å². The molecule has 8 aromatic rings. The fraction of sp³-hybridized carbons (Fsp3) is 0.0667. The van der Waals surface area contributed by atoms with Crippen LogP contribution in [-0.2, 0) is 5.41 Å². The van der Waals surface area contributed by atoms with Gasteiger partial charge in [-0.25, -0.2) is 0 Å². The first-order valence-corrected chi connectivity index (χ1v) is 16.1. The van der Waals surface area contributed by atoms with Crippen molar-refractivity contribution in [3.05, 3.63) is 175 Å². The Labute approximate surface area is 270 Å². The van der Waals surface area contributed by atoms with Crippen LogP contribution < -0.4 is 4.90 Å². The van der Waals surface area contributed by atoms with Gasteiger partial charge in [0.05, 0.1) is 5.69 Å². The zero-order valence-corrected chi connectivity index (χ0v) is 26.0. The van der Waals surface area contributed by atoms with Gasteiger partial charge in [-0.3, -0.25) is 0 Å². The van der Waals surface area contributed by atoms with Gasteiger partial charge in [-0.1, -0.05) is 141 Å². The Kier molecular flexibility index (Phi) is 5.92. The zero-order chi connectivity index (χ0) is 30.8. The van der Waals surface area contributed by atoms with E-state index in [1.807, 2.05) is 0 Å². The third-order valence-electron chi connectivity index (χ3n) is 9.96. The summed E-state index contributed by atoms with van der Waals surface area (Å²) in [5.41, 5.74) is 11.2. The van der Waals surface area contributed by atoms with Crippen LogP contribution in [0.4, 0.5) is 17.1 Å². The number of nitrogens with zero attached hydrogens (tertiary/aromatic N) is 1. The standard InChI is InChI=1S/C45H33N/c1-45(2)41-18-10-9-17-40(41)43-42(29-36-15-7-8-16-39(36)44(43)45)46(38-26-23-31-12-4-6-14-34(31)28-38)37-24-21-32(22-25-37)35-20-19-30-11-3-5-13-33(30)27-35/h3-29H,1-2H3. The van der Waals surface area contributed by atoms with Crippen molar-refractivity contribution in [3.8, 4) is 22.3 Å². The van der Waals surface area contributed by atoms with Crippen LogP contribution in [-0.4, -0.2) is 0 Å². The van der Waals surface area contributed by atoms with E-state index >= 15 is 0 Å². The minimum atomic E-state index is -0.128. The highest BCUT2D eigenvalue weighted by molar-refractivity contribution is 6.06. The van der Waals surface area contributed by atoms with Gasteiger partial charge in [0.25, 0.3) is 0 Å². The second-order valence-electron chi connectivity index (χ2n) is 13.0. The summed E-state index contributed by atoms with van der Waals surface area (Å²) >= 11 is 0. The summed E-state index contributed by atoms with van der Waals surface area (Å²) in [6.45, 7) is 4.76. The van der Waals surface area contributed by atoms with Crippen molar-refractivity contribution in [2.45, 2.75) is 19.3 Å². The largest absolute Gasteiger partial charge is 0.310 e. The normalized spacial score (nSPS) is 13.2. The maximum Gasteiger partial charge on any atom is 0.0549 e. The predicted molar refractivity (Wildman–Crippen MR) is 197 cm³/mol. The molecule has 218 valence electrons. The first kappa shape index (κ1) is 26.7. The average Bonchev–Trinajstić information content (AvgIpc) is 3.35. The van der Waals surface area contributed by atoms with Gasteiger partial charge in [0, 0.05) is 22.4 Å². The second kappa shape index (κ2) is 10.2. The minimum absolute atomic E-state index is 0.128. The summed E-state index contributed by atoms with van der Waals surface area (Å²) in [4.78, 5) is 2.47. The molecule has 0 heterocycles. The van der Waals surface area contributed by atoms with Gasteiger partial charge < -0.3 is 4.90 Å². The molecule has 9 rings (SSSR count). The number of fused-ring (bicyclic) bond motifs is 7. The van der Waals surface area contributed by atoms with Gasteiger partial charge >= 0.3 is 0 Å². The van der Waals surface area contributed by atoms with E-state index in [2.05, 4.69) is 183 Å². The molecule has 0 unspecified atom stereocenters. The Morgan fingerprint density at radius 2 is 1.00 bits per heavy atom. The number of rotatable bonds is 4. The molecule has 46 heavy (non-hydrogen) atoms. The lowest BCUT2D eigenvalue weighted by Crippen LogP contribution is -2.16. The highest BCUT2D eigenvalue weighted by Gasteiger charge is 2.39. The Morgan fingerprint density at radius 1 is 0.435 bits per heavy atom. The molecule has 0 radical (unpaired) electrons. The Hall–Kier alpha value is -5.66. The van der Waals surface area contributed by atoms with Gasteiger partial charge in [-0.2, -0.15) is 0 Å². The molecule has 0 aromatic heterocycles. The maximum absolute atomic E-state index is 2.47. The summed E-state index contributed by atoms with van der Waals surface area (Å²) < 4.78 is 0. The predicted octanol–water partition coefficient (Wildman–Crippen LogP) is 12.6. The monoisotopic (exact) mass is 587 g/mol. The van der Waals surface area contributed by atoms with Crippen LogP contribution in [0.5, 0.6) is 0 Å². The molecule has 1 aliphatic rings. The number of anilines is 3. The fourth-order valence-corrected chi connectivity index (χ4v) is 7.73. The van der Waals surface area contributed by atoms with E-state index in [1.54, 1.807) is 0 Å². The third-order valence-corrected chi connectivity index (χ3v) is 9.96. The van der Waals surface area contributed by atoms with E-state index in [9.17, 15) is 0 Å². The van der Waals surface area contributed by atoms with E-state index in [0.29, 0.717) is 0 Å². The lowest BCUT2D eigenvalue weighted by Gasteiger charge is -2.30. The molecular formula is C45H33N. The molecule has 0 bridgehead atoms. The van der Waals surface area contributed by atoms with Crippen LogP contribution in [0.3, 0.4) is 0 Å². The van der Waals surface area contributed by atoms with Crippen molar-refractivity contribution in [3.63, 3.8) is 0 Å². The van der Waals surface area contributed by atoms with Gasteiger partial charge in [-0.05, 0) is 96.5 Å². The van der Waals surface area contributed by atoms with E-state index in [-0.39, 0.29) is 5.41 Å². The number of benzene rings is 8. The molecule has 0 atom stereocenters. The van der Waals surface area contributed by atoms with Crippen molar-refractivity contribution in [2.75, 3.05) is 4.90 Å². The zero-order valence-electron chi connectivity index (χ0n) is 26.0. The molecule has 0 fully saturated rings. The number of hydrogen-bond donors (Lipinski definition) is 0. The van der Waals surface area contributed by atoms with E-state index in [0.717, 1.165) is 11.4 Å². The first-order chi connectivity index (χ1) is 22.6. The summed E-state index contributed by atoms with van der Waals surface area (Å²) in [5.74, 6) is 0. The molecule has 0 saturated carbocycles. The van der Waals surface area contributed by atoms with Crippen molar-refractivity contribution in [2.24, 2.45) is 0 Å². The molecular weight excluding hydrogens is 555 g/mol. The highest BCUT2D eigenvalue weighted by atomic mass is 15.1. The Bertz CT molecular complexity index is 2450. The van der Waals surface area contributed by atoms with Gasteiger partial charge in [0.2, 0.25) is 0 Å². The van der Waals surface area contributed by atoms with E-state index in [4.69, 9.17) is 0 Å². The topological polar surface area (TPSA) is 3.24 Å². The Morgan fingerprint density at radius 3 is 1.76 bits per heavy atom. The van der Waals surface area contributed by atoms with E-state index < -0.39 is 0 Å². The van der Waals surface area contributed by atoms with Crippen molar-refractivity contribution in [1.29, 1.82) is 0 Å². The molecule has 0 aliphatic heterocycles. The summed E-state index contributed by atoms with van der Waals surface area (Å²) in [6.07, 6.45) is 0. The van der Waals surface area contributed by atoms with Crippen LogP contribution in [0.25, 0.3) is 54.6 Å². The van der Waals surface area contributed by atoms with Crippen LogP contribution in [0.1, 0.15) is 25.0 Å². The van der Waals surface area contributed by atoms with Crippen molar-refractivity contribution < 1.29 is 0 Å². The first-order valence-electron chi connectivity index (χ1n) is 16.1. The smallest absolute Gasteiger partial charge is 0.0549 e. The van der Waals surface area contributed by atoms with Crippen LogP contribution in [0.15, 0.2) is 164 Å². The van der Waals surface area contributed by atoms with Gasteiger partial charge in [-0.15, -0.1) is 0 Å². The second-order valence-corrected chi connectivity index (χ2v) is 13.0. The fourth-order valence-electron chi connectivity index (χ4n) is 7.73. The van der Waals surface area contributed by atoms with Crippen LogP contribution in [0, 0.1) is 0 Å². The maximum atomic E-state index is 2.47. The lowest BCUT2D eigenvalue weighted by molar-refractivity contribution is 0.666. The molecule has 1 nitrogen and oxygen atoms in total. The molecule has 8 aromatic carbocycles. The SMILES string of the molecule is CC1(C)c2ccccc2-c2c(N(c3ccc(-c4ccc5ccccc5c4)cc3)c3ccc4ccccc4c3)cc3ccccc3c21. The molecule has 1 heteroatoms. The molecule has 0 spiro atoms. The van der Waals surface area contributed by atoms with Crippen LogP contribution >= 0.6 is 0 Å². The van der Waals surface area contributed by atoms with E-state index in [1.165, 1.54) is 71.4 Å². The quantitative estimate of drug-likeness (QED) is 0.198. The lowest BCUT2D eigenvalue weighted by atomic mass is 9.80. The molecule has 0 saturated heterocycles. The summed E-state index contributed by atoms with van der Waals surface area (Å²) in [7, 11) is 0. The Balaban J connectivity index is 1.29. The van der Waals surface area contributed by atoms with Gasteiger partial charge in [0.1, 0.15) is 0 Å². The minimum Gasteiger partial charge on any atom is -0.310 e. The van der Waals surface area contributed by atoms with Gasteiger partial charge in [0.15, 0.2) is 0 Å².